The van der Waals surface area contributed by atoms with Gasteiger partial charge < -0.3 is 10.6 Å². The third-order valence-corrected chi connectivity index (χ3v) is 4.61. The van der Waals surface area contributed by atoms with E-state index in [1.807, 2.05) is 6.07 Å². The highest BCUT2D eigenvalue weighted by atomic mass is 127. The van der Waals surface area contributed by atoms with Gasteiger partial charge in [0.15, 0.2) is 5.96 Å². The van der Waals surface area contributed by atoms with Gasteiger partial charge in [-0.3, -0.25) is 4.99 Å². The van der Waals surface area contributed by atoms with Crippen LogP contribution in [0, 0.1) is 13.8 Å². The van der Waals surface area contributed by atoms with Crippen LogP contribution in [0.1, 0.15) is 21.1 Å². The van der Waals surface area contributed by atoms with E-state index in [1.165, 1.54) is 15.4 Å². The minimum absolute atomic E-state index is 0. The summed E-state index contributed by atoms with van der Waals surface area (Å²) in [7, 11) is 1.80. The zero-order valence-electron chi connectivity index (χ0n) is 13.9. The Kier molecular flexibility index (Phi) is 9.16. The van der Waals surface area contributed by atoms with Gasteiger partial charge in [-0.25, -0.2) is 4.98 Å². The minimum atomic E-state index is 0. The van der Waals surface area contributed by atoms with Crippen molar-refractivity contribution in [2.75, 3.05) is 20.1 Å². The van der Waals surface area contributed by atoms with E-state index >= 15 is 0 Å². The fourth-order valence-corrected chi connectivity index (χ4v) is 3.06. The maximum atomic E-state index is 4.55. The van der Waals surface area contributed by atoms with Crippen LogP contribution in [0.3, 0.4) is 0 Å². The lowest BCUT2D eigenvalue weighted by Crippen LogP contribution is -2.39. The van der Waals surface area contributed by atoms with Crippen LogP contribution in [-0.4, -0.2) is 31.1 Å². The molecule has 0 aliphatic heterocycles. The maximum absolute atomic E-state index is 4.55. The van der Waals surface area contributed by atoms with Crippen LogP contribution in [0.15, 0.2) is 35.3 Å². The molecule has 0 aliphatic carbocycles. The predicted molar refractivity (Wildman–Crippen MR) is 110 cm³/mol. The summed E-state index contributed by atoms with van der Waals surface area (Å²) in [4.78, 5) is 10.1. The van der Waals surface area contributed by atoms with Crippen LogP contribution in [-0.2, 0) is 12.8 Å². The van der Waals surface area contributed by atoms with Gasteiger partial charge in [0.2, 0.25) is 0 Å². The van der Waals surface area contributed by atoms with Gasteiger partial charge in [-0.2, -0.15) is 0 Å². The lowest BCUT2D eigenvalue weighted by atomic mass is 10.1. The van der Waals surface area contributed by atoms with E-state index < -0.39 is 0 Å². The summed E-state index contributed by atoms with van der Waals surface area (Å²) in [6.07, 6.45) is 1.92. The number of nitrogens with one attached hydrogen (secondary N) is 2. The summed E-state index contributed by atoms with van der Waals surface area (Å²) < 4.78 is 0. The van der Waals surface area contributed by atoms with Gasteiger partial charge in [0.1, 0.15) is 0 Å². The van der Waals surface area contributed by atoms with Crippen molar-refractivity contribution in [3.05, 3.63) is 51.5 Å². The Bertz CT molecular complexity index is 591. The van der Waals surface area contributed by atoms with Crippen molar-refractivity contribution in [2.45, 2.75) is 26.7 Å². The average Bonchev–Trinajstić information content (AvgIpc) is 2.85. The molecule has 4 nitrogen and oxygen atoms in total. The molecule has 2 aromatic rings. The van der Waals surface area contributed by atoms with Crippen molar-refractivity contribution in [3.8, 4) is 0 Å². The molecule has 0 amide bonds. The molecule has 1 heterocycles. The smallest absolute Gasteiger partial charge is 0.191 e. The van der Waals surface area contributed by atoms with E-state index in [-0.39, 0.29) is 24.0 Å². The number of hydrogen-bond donors (Lipinski definition) is 2. The molecule has 0 atom stereocenters. The van der Waals surface area contributed by atoms with Gasteiger partial charge >= 0.3 is 0 Å². The molecule has 0 fully saturated rings. The van der Waals surface area contributed by atoms with E-state index in [0.29, 0.717) is 0 Å². The van der Waals surface area contributed by atoms with Crippen molar-refractivity contribution in [1.29, 1.82) is 0 Å². The zero-order valence-corrected chi connectivity index (χ0v) is 17.1. The number of guanidine groups is 1. The highest BCUT2D eigenvalue weighted by Gasteiger charge is 2.04. The van der Waals surface area contributed by atoms with Crippen molar-refractivity contribution in [2.24, 2.45) is 4.99 Å². The van der Waals surface area contributed by atoms with Gasteiger partial charge in [-0.05, 0) is 25.8 Å². The standard InChI is InChI=1S/C17H24N4S.HI/c1-13-14(2)22-16(21-13)10-12-20-17(18-3)19-11-9-15-7-5-4-6-8-15;/h4-8H,9-12H2,1-3H3,(H2,18,19,20);1H. The summed E-state index contributed by atoms with van der Waals surface area (Å²) in [6.45, 7) is 5.90. The molecule has 0 spiro atoms. The number of aryl methyl sites for hydroxylation is 2. The third kappa shape index (κ3) is 6.87. The molecule has 0 bridgehead atoms. The topological polar surface area (TPSA) is 49.3 Å². The van der Waals surface area contributed by atoms with Gasteiger partial charge in [0.05, 0.1) is 10.7 Å². The van der Waals surface area contributed by atoms with Crippen molar-refractivity contribution in [3.63, 3.8) is 0 Å². The molecule has 0 saturated carbocycles. The molecule has 2 rings (SSSR count). The Labute approximate surface area is 159 Å². The van der Waals surface area contributed by atoms with Crippen LogP contribution >= 0.6 is 35.3 Å². The molecule has 0 saturated heterocycles. The first-order valence-electron chi connectivity index (χ1n) is 7.60. The normalized spacial score (nSPS) is 11.0. The molecule has 1 aromatic heterocycles. The zero-order chi connectivity index (χ0) is 15.8. The van der Waals surface area contributed by atoms with Crippen LogP contribution < -0.4 is 10.6 Å². The number of thiazole rings is 1. The Morgan fingerprint density at radius 1 is 1.09 bits per heavy atom. The van der Waals surface area contributed by atoms with Gasteiger partial charge in [-0.15, -0.1) is 35.3 Å². The van der Waals surface area contributed by atoms with E-state index in [0.717, 1.165) is 37.6 Å². The highest BCUT2D eigenvalue weighted by molar-refractivity contribution is 14.0. The van der Waals surface area contributed by atoms with Gasteiger partial charge in [0, 0.05) is 31.4 Å². The molecular weight excluding hydrogens is 419 g/mol. The highest BCUT2D eigenvalue weighted by Crippen LogP contribution is 2.16. The maximum Gasteiger partial charge on any atom is 0.191 e. The monoisotopic (exact) mass is 444 g/mol. The fourth-order valence-electron chi connectivity index (χ4n) is 2.12. The second-order valence-corrected chi connectivity index (χ2v) is 6.45. The minimum Gasteiger partial charge on any atom is -0.356 e. The van der Waals surface area contributed by atoms with E-state index in [1.54, 1.807) is 18.4 Å². The average molecular weight is 444 g/mol. The SMILES string of the molecule is CN=C(NCCc1ccccc1)NCCc1nc(C)c(C)s1.I. The molecule has 126 valence electrons. The summed E-state index contributed by atoms with van der Waals surface area (Å²) in [5, 5.41) is 7.86. The first-order valence-corrected chi connectivity index (χ1v) is 8.42. The molecule has 23 heavy (non-hydrogen) atoms. The number of nitrogens with zero attached hydrogens (tertiary/aromatic N) is 2. The largest absolute Gasteiger partial charge is 0.356 e. The number of hydrogen-bond acceptors (Lipinski definition) is 3. The second-order valence-electron chi connectivity index (χ2n) is 5.16. The Morgan fingerprint density at radius 2 is 1.74 bits per heavy atom. The van der Waals surface area contributed by atoms with E-state index in [2.05, 4.69) is 58.7 Å². The van der Waals surface area contributed by atoms with Crippen molar-refractivity contribution < 1.29 is 0 Å². The lowest BCUT2D eigenvalue weighted by molar-refractivity contribution is 0.781. The van der Waals surface area contributed by atoms with Crippen molar-refractivity contribution in [1.82, 2.24) is 15.6 Å². The summed E-state index contributed by atoms with van der Waals surface area (Å²) in [5.74, 6) is 0.848. The van der Waals surface area contributed by atoms with Crippen LogP contribution in [0.25, 0.3) is 0 Å². The molecule has 0 unspecified atom stereocenters. The number of rotatable bonds is 6. The number of aromatic nitrogens is 1. The fraction of sp³-hybridized carbons (Fsp3) is 0.412. The van der Waals surface area contributed by atoms with Gasteiger partial charge in [0.25, 0.3) is 0 Å². The summed E-state index contributed by atoms with van der Waals surface area (Å²) in [6, 6.07) is 10.5. The third-order valence-electron chi connectivity index (χ3n) is 3.48. The van der Waals surface area contributed by atoms with Crippen LogP contribution in [0.2, 0.25) is 0 Å². The van der Waals surface area contributed by atoms with Crippen LogP contribution in [0.4, 0.5) is 0 Å². The number of halogens is 1. The van der Waals surface area contributed by atoms with E-state index in [4.69, 9.17) is 0 Å². The number of aliphatic imine (C=N–C) groups is 1. The van der Waals surface area contributed by atoms with Crippen LogP contribution in [0.5, 0.6) is 0 Å². The predicted octanol–water partition coefficient (Wildman–Crippen LogP) is 3.33. The lowest BCUT2D eigenvalue weighted by Gasteiger charge is -2.11. The first-order chi connectivity index (χ1) is 10.7. The first kappa shape index (κ1) is 19.9. The quantitative estimate of drug-likeness (QED) is 0.408. The van der Waals surface area contributed by atoms with Crippen molar-refractivity contribution >= 4 is 41.3 Å². The molecule has 0 aliphatic rings. The summed E-state index contributed by atoms with van der Waals surface area (Å²) in [5.41, 5.74) is 2.48. The Balaban J connectivity index is 0.00000264. The Hall–Kier alpha value is -1.15. The second kappa shape index (κ2) is 10.6. The summed E-state index contributed by atoms with van der Waals surface area (Å²) >= 11 is 1.78. The van der Waals surface area contributed by atoms with E-state index in [9.17, 15) is 0 Å². The molecular formula is C17H25IN4S. The molecule has 2 N–H and O–H groups in total. The van der Waals surface area contributed by atoms with Gasteiger partial charge in [-0.1, -0.05) is 30.3 Å². The molecule has 6 heteroatoms. The number of benzene rings is 1. The molecule has 0 radical (unpaired) electrons. The Morgan fingerprint density at radius 3 is 2.30 bits per heavy atom. The molecule has 1 aromatic carbocycles.